The van der Waals surface area contributed by atoms with Gasteiger partial charge < -0.3 is 16.4 Å². The second-order valence-electron chi connectivity index (χ2n) is 5.11. The van der Waals surface area contributed by atoms with Gasteiger partial charge in [-0.3, -0.25) is 4.79 Å². The zero-order valence-electron chi connectivity index (χ0n) is 11.1. The number of urea groups is 1. The van der Waals surface area contributed by atoms with Crippen LogP contribution in [0.1, 0.15) is 24.8 Å². The average Bonchev–Trinajstić information content (AvgIpc) is 3.18. The summed E-state index contributed by atoms with van der Waals surface area (Å²) in [5.41, 5.74) is 6.23. The zero-order chi connectivity index (χ0) is 14.6. The summed E-state index contributed by atoms with van der Waals surface area (Å²) in [5.74, 6) is -0.426. The summed E-state index contributed by atoms with van der Waals surface area (Å²) in [5, 5.41) is 6.15. The van der Waals surface area contributed by atoms with Crippen LogP contribution in [0.5, 0.6) is 0 Å². The van der Waals surface area contributed by atoms with E-state index in [-0.39, 0.29) is 24.4 Å². The lowest BCUT2D eigenvalue weighted by atomic mass is 9.96. The number of nitrogens with one attached hydrogen (secondary N) is 2. The number of benzene rings is 1. The Morgan fingerprint density at radius 3 is 2.40 bits per heavy atom. The van der Waals surface area contributed by atoms with E-state index in [1.165, 1.54) is 5.56 Å². The molecule has 3 amide bonds. The van der Waals surface area contributed by atoms with Crippen molar-refractivity contribution in [2.45, 2.75) is 24.7 Å². The van der Waals surface area contributed by atoms with Gasteiger partial charge in [-0.05, 0) is 30.5 Å². The van der Waals surface area contributed by atoms with Gasteiger partial charge in [-0.25, -0.2) is 4.79 Å². The van der Waals surface area contributed by atoms with E-state index in [1.54, 1.807) is 0 Å². The van der Waals surface area contributed by atoms with Gasteiger partial charge >= 0.3 is 6.03 Å². The Labute approximate surface area is 122 Å². The fourth-order valence-corrected chi connectivity index (χ4v) is 2.26. The molecular formula is C14H18ClN3O2. The molecule has 1 aromatic carbocycles. The SMILES string of the molecule is NC(=O)CCNC(=O)NCC1(c2ccc(Cl)cc2)CC1. The lowest BCUT2D eigenvalue weighted by molar-refractivity contribution is -0.117. The number of rotatable bonds is 6. The van der Waals surface area contributed by atoms with Crippen molar-refractivity contribution >= 4 is 23.5 Å². The molecule has 5 nitrogen and oxygen atoms in total. The highest BCUT2D eigenvalue weighted by atomic mass is 35.5. The van der Waals surface area contributed by atoms with Gasteiger partial charge in [0.2, 0.25) is 5.91 Å². The van der Waals surface area contributed by atoms with Crippen LogP contribution < -0.4 is 16.4 Å². The summed E-state index contributed by atoms with van der Waals surface area (Å²) >= 11 is 5.87. The van der Waals surface area contributed by atoms with E-state index in [2.05, 4.69) is 10.6 Å². The van der Waals surface area contributed by atoms with E-state index in [0.29, 0.717) is 11.6 Å². The molecule has 1 saturated carbocycles. The number of halogens is 1. The van der Waals surface area contributed by atoms with Crippen LogP contribution in [-0.2, 0) is 10.2 Å². The molecule has 6 heteroatoms. The minimum atomic E-state index is -0.426. The Bertz CT molecular complexity index is 498. The minimum Gasteiger partial charge on any atom is -0.370 e. The molecular weight excluding hydrogens is 278 g/mol. The molecule has 0 radical (unpaired) electrons. The third-order valence-corrected chi connectivity index (χ3v) is 3.81. The van der Waals surface area contributed by atoms with Crippen LogP contribution in [0.25, 0.3) is 0 Å². The second kappa shape index (κ2) is 6.13. The largest absolute Gasteiger partial charge is 0.370 e. The van der Waals surface area contributed by atoms with Gasteiger partial charge in [-0.15, -0.1) is 0 Å². The normalized spacial score (nSPS) is 15.4. The van der Waals surface area contributed by atoms with Gasteiger partial charge in [0, 0.05) is 29.9 Å². The van der Waals surface area contributed by atoms with Crippen LogP contribution in [0.3, 0.4) is 0 Å². The van der Waals surface area contributed by atoms with Crippen molar-refractivity contribution in [2.24, 2.45) is 5.73 Å². The monoisotopic (exact) mass is 295 g/mol. The molecule has 4 N–H and O–H groups in total. The molecule has 1 aliphatic carbocycles. The third-order valence-electron chi connectivity index (χ3n) is 3.55. The van der Waals surface area contributed by atoms with E-state index < -0.39 is 5.91 Å². The predicted molar refractivity (Wildman–Crippen MR) is 77.6 cm³/mol. The van der Waals surface area contributed by atoms with E-state index in [4.69, 9.17) is 17.3 Å². The predicted octanol–water partition coefficient (Wildman–Crippen LogP) is 1.55. The van der Waals surface area contributed by atoms with Crippen LogP contribution in [0.4, 0.5) is 4.79 Å². The average molecular weight is 296 g/mol. The molecule has 0 spiro atoms. The summed E-state index contributed by atoms with van der Waals surface area (Å²) < 4.78 is 0. The van der Waals surface area contributed by atoms with Gasteiger partial charge in [-0.2, -0.15) is 0 Å². The lowest BCUT2D eigenvalue weighted by Gasteiger charge is -2.17. The first-order chi connectivity index (χ1) is 9.52. The summed E-state index contributed by atoms with van der Waals surface area (Å²) in [4.78, 5) is 22.1. The summed E-state index contributed by atoms with van der Waals surface area (Å²) in [6.45, 7) is 0.839. The molecule has 2 rings (SSSR count). The highest BCUT2D eigenvalue weighted by Gasteiger charge is 2.44. The fourth-order valence-electron chi connectivity index (χ4n) is 2.13. The first kappa shape index (κ1) is 14.7. The minimum absolute atomic E-state index is 0.0333. The maximum Gasteiger partial charge on any atom is 0.314 e. The Morgan fingerprint density at radius 1 is 1.20 bits per heavy atom. The van der Waals surface area contributed by atoms with Crippen molar-refractivity contribution in [3.05, 3.63) is 34.9 Å². The van der Waals surface area contributed by atoms with Gasteiger partial charge in [0.1, 0.15) is 0 Å². The van der Waals surface area contributed by atoms with Crippen molar-refractivity contribution in [1.82, 2.24) is 10.6 Å². The van der Waals surface area contributed by atoms with Crippen molar-refractivity contribution in [3.8, 4) is 0 Å². The molecule has 1 aliphatic rings. The van der Waals surface area contributed by atoms with Crippen LogP contribution in [0.15, 0.2) is 24.3 Å². The number of primary amides is 1. The Morgan fingerprint density at radius 2 is 1.85 bits per heavy atom. The number of nitrogens with two attached hydrogens (primary N) is 1. The highest BCUT2D eigenvalue weighted by Crippen LogP contribution is 2.47. The van der Waals surface area contributed by atoms with Gasteiger partial charge in [0.05, 0.1) is 0 Å². The summed E-state index contributed by atoms with van der Waals surface area (Å²) in [6.07, 6.45) is 2.25. The van der Waals surface area contributed by atoms with Gasteiger partial charge in [-0.1, -0.05) is 23.7 Å². The smallest absolute Gasteiger partial charge is 0.314 e. The van der Waals surface area contributed by atoms with Gasteiger partial charge in [0.25, 0.3) is 0 Å². The second-order valence-corrected chi connectivity index (χ2v) is 5.55. The van der Waals surface area contributed by atoms with Crippen LogP contribution in [0, 0.1) is 0 Å². The summed E-state index contributed by atoms with van der Waals surface area (Å²) in [6, 6.07) is 7.46. The number of carbonyl (C=O) groups is 2. The van der Waals surface area contributed by atoms with Crippen LogP contribution in [-0.4, -0.2) is 25.0 Å². The third kappa shape index (κ3) is 3.87. The van der Waals surface area contributed by atoms with Crippen LogP contribution >= 0.6 is 11.6 Å². The molecule has 1 aromatic rings. The molecule has 0 saturated heterocycles. The topological polar surface area (TPSA) is 84.2 Å². The van der Waals surface area contributed by atoms with E-state index in [9.17, 15) is 9.59 Å². The molecule has 0 heterocycles. The molecule has 0 aliphatic heterocycles. The Kier molecular flexibility index (Phi) is 4.49. The van der Waals surface area contributed by atoms with E-state index in [1.807, 2.05) is 24.3 Å². The summed E-state index contributed by atoms with van der Waals surface area (Å²) in [7, 11) is 0. The standard InChI is InChI=1S/C14H18ClN3O2/c15-11-3-1-10(2-4-11)14(6-7-14)9-18-13(20)17-8-5-12(16)19/h1-4H,5-9H2,(H2,16,19)(H2,17,18,20). The Balaban J connectivity index is 1.80. The fraction of sp³-hybridized carbons (Fsp3) is 0.429. The maximum absolute atomic E-state index is 11.6. The lowest BCUT2D eigenvalue weighted by Crippen LogP contribution is -2.40. The number of amides is 3. The van der Waals surface area contributed by atoms with Crippen LogP contribution in [0.2, 0.25) is 5.02 Å². The van der Waals surface area contributed by atoms with Crippen molar-refractivity contribution < 1.29 is 9.59 Å². The van der Waals surface area contributed by atoms with E-state index >= 15 is 0 Å². The van der Waals surface area contributed by atoms with E-state index in [0.717, 1.165) is 12.8 Å². The maximum atomic E-state index is 11.6. The van der Waals surface area contributed by atoms with Gasteiger partial charge in [0.15, 0.2) is 0 Å². The number of hydrogen-bond donors (Lipinski definition) is 3. The quantitative estimate of drug-likeness (QED) is 0.744. The zero-order valence-corrected chi connectivity index (χ0v) is 11.9. The Hall–Kier alpha value is -1.75. The molecule has 108 valence electrons. The molecule has 0 atom stereocenters. The highest BCUT2D eigenvalue weighted by molar-refractivity contribution is 6.30. The number of hydrogen-bond acceptors (Lipinski definition) is 2. The first-order valence-electron chi connectivity index (χ1n) is 6.58. The molecule has 20 heavy (non-hydrogen) atoms. The van der Waals surface area contributed by atoms with Crippen molar-refractivity contribution in [1.29, 1.82) is 0 Å². The number of carbonyl (C=O) groups excluding carboxylic acids is 2. The van der Waals surface area contributed by atoms with Crippen molar-refractivity contribution in [2.75, 3.05) is 13.1 Å². The molecule has 0 aromatic heterocycles. The first-order valence-corrected chi connectivity index (χ1v) is 6.96. The molecule has 1 fully saturated rings. The molecule has 0 bridgehead atoms. The van der Waals surface area contributed by atoms with Crippen molar-refractivity contribution in [3.63, 3.8) is 0 Å². The molecule has 0 unspecified atom stereocenters.